The van der Waals surface area contributed by atoms with Crippen LogP contribution < -0.4 is 15.1 Å². The molecule has 0 radical (unpaired) electrons. The second-order valence-corrected chi connectivity index (χ2v) is 8.08. The monoisotopic (exact) mass is 405 g/mol. The Hall–Kier alpha value is -2.31. The normalized spacial score (nSPS) is 24.1. The third kappa shape index (κ3) is 4.82. The molecule has 2 saturated heterocycles. The second kappa shape index (κ2) is 9.46. The summed E-state index contributed by atoms with van der Waals surface area (Å²) in [6.45, 7) is 6.79. The smallest absolute Gasteiger partial charge is 0.414 e. The fourth-order valence-electron chi connectivity index (χ4n) is 4.38. The second-order valence-electron chi connectivity index (χ2n) is 8.08. The molecule has 0 spiro atoms. The molecule has 0 saturated carbocycles. The number of rotatable bonds is 8. The first-order chi connectivity index (χ1) is 13.9. The van der Waals surface area contributed by atoms with Gasteiger partial charge in [0.25, 0.3) is 0 Å². The molecule has 0 aromatic heterocycles. The minimum Gasteiger partial charge on any atom is -0.442 e. The summed E-state index contributed by atoms with van der Waals surface area (Å²) in [6.07, 6.45) is 4.55. The van der Waals surface area contributed by atoms with E-state index < -0.39 is 12.2 Å². The Labute approximate surface area is 172 Å². The highest BCUT2D eigenvalue weighted by atomic mass is 19.1. The maximum absolute atomic E-state index is 15.0. The first kappa shape index (κ1) is 21.4. The van der Waals surface area contributed by atoms with Crippen LogP contribution in [0.3, 0.4) is 0 Å². The fraction of sp³-hybridized carbons (Fsp3) is 0.636. The van der Waals surface area contributed by atoms with Gasteiger partial charge in [-0.15, -0.1) is 0 Å². The summed E-state index contributed by atoms with van der Waals surface area (Å²) in [7, 11) is 0. The quantitative estimate of drug-likeness (QED) is 0.703. The highest BCUT2D eigenvalue weighted by molar-refractivity contribution is 5.90. The lowest BCUT2D eigenvalue weighted by molar-refractivity contribution is -0.121. The first-order valence-electron chi connectivity index (χ1n) is 10.8. The largest absolute Gasteiger partial charge is 0.442 e. The van der Waals surface area contributed by atoms with Crippen LogP contribution in [0.2, 0.25) is 0 Å². The number of amides is 2. The number of hydrogen-bond donors (Lipinski definition) is 1. The standard InChI is InChI=1S/C22H32FN3O3/c1-4-6-16-9-8-15(3)26(16)20-11-10-17(12-19(20)23)25-14-18(29-22(25)28)13-24-21(27)7-5-2/h10-12,15-16,18H,4-9,13-14H2,1-3H3,(H,24,27)/t15?,16?,18-/m0/s1. The number of carbonyl (C=O) groups excluding carboxylic acids is 2. The van der Waals surface area contributed by atoms with Crippen LogP contribution in [0.15, 0.2) is 18.2 Å². The molecule has 3 rings (SSSR count). The van der Waals surface area contributed by atoms with Crippen LogP contribution in [0, 0.1) is 5.82 Å². The maximum Gasteiger partial charge on any atom is 0.414 e. The summed E-state index contributed by atoms with van der Waals surface area (Å²) in [5.74, 6) is -0.372. The molecule has 2 aliphatic heterocycles. The number of benzene rings is 1. The van der Waals surface area contributed by atoms with Gasteiger partial charge in [-0.2, -0.15) is 0 Å². The highest BCUT2D eigenvalue weighted by Crippen LogP contribution is 2.36. The molecule has 2 aliphatic rings. The van der Waals surface area contributed by atoms with E-state index in [0.717, 1.165) is 32.1 Å². The van der Waals surface area contributed by atoms with Crippen molar-refractivity contribution in [2.75, 3.05) is 22.9 Å². The fourth-order valence-corrected chi connectivity index (χ4v) is 4.38. The summed E-state index contributed by atoms with van der Waals surface area (Å²) >= 11 is 0. The van der Waals surface area contributed by atoms with Gasteiger partial charge in [-0.3, -0.25) is 9.69 Å². The molecule has 2 amide bonds. The Kier molecular flexibility index (Phi) is 6.98. The third-order valence-corrected chi connectivity index (χ3v) is 5.81. The predicted molar refractivity (Wildman–Crippen MR) is 112 cm³/mol. The van der Waals surface area contributed by atoms with Gasteiger partial charge in [-0.05, 0) is 50.8 Å². The minimum atomic E-state index is -0.509. The summed E-state index contributed by atoms with van der Waals surface area (Å²) in [5.41, 5.74) is 1.09. The molecule has 1 N–H and O–H groups in total. The van der Waals surface area contributed by atoms with E-state index in [1.165, 1.54) is 11.0 Å². The Balaban J connectivity index is 1.68. The molecule has 6 nitrogen and oxygen atoms in total. The van der Waals surface area contributed by atoms with E-state index >= 15 is 4.39 Å². The van der Waals surface area contributed by atoms with Gasteiger partial charge < -0.3 is 15.0 Å². The summed E-state index contributed by atoms with van der Waals surface area (Å²) in [4.78, 5) is 27.5. The molecule has 29 heavy (non-hydrogen) atoms. The van der Waals surface area contributed by atoms with E-state index in [-0.39, 0.29) is 18.3 Å². The molecule has 160 valence electrons. The van der Waals surface area contributed by atoms with Gasteiger partial charge >= 0.3 is 6.09 Å². The van der Waals surface area contributed by atoms with Gasteiger partial charge in [0, 0.05) is 18.5 Å². The number of cyclic esters (lactones) is 1. The molecule has 0 bridgehead atoms. The van der Waals surface area contributed by atoms with Crippen molar-refractivity contribution in [1.82, 2.24) is 5.32 Å². The Morgan fingerprint density at radius 1 is 1.28 bits per heavy atom. The van der Waals surface area contributed by atoms with Crippen LogP contribution in [-0.2, 0) is 9.53 Å². The number of anilines is 2. The van der Waals surface area contributed by atoms with Gasteiger partial charge in [0.15, 0.2) is 0 Å². The molecule has 2 unspecified atom stereocenters. The van der Waals surface area contributed by atoms with E-state index in [1.807, 2.05) is 6.92 Å². The molecule has 3 atom stereocenters. The van der Waals surface area contributed by atoms with Crippen molar-refractivity contribution in [3.8, 4) is 0 Å². The first-order valence-corrected chi connectivity index (χ1v) is 10.8. The van der Waals surface area contributed by atoms with Crippen molar-refractivity contribution in [3.63, 3.8) is 0 Å². The average molecular weight is 406 g/mol. The number of nitrogens with zero attached hydrogens (tertiary/aromatic N) is 2. The summed E-state index contributed by atoms with van der Waals surface area (Å²) in [6, 6.07) is 5.65. The number of nitrogens with one attached hydrogen (secondary N) is 1. The molecule has 2 fully saturated rings. The van der Waals surface area contributed by atoms with Crippen LogP contribution >= 0.6 is 0 Å². The molecular weight excluding hydrogens is 373 g/mol. The van der Waals surface area contributed by atoms with Crippen molar-refractivity contribution < 1.29 is 18.7 Å². The summed E-state index contributed by atoms with van der Waals surface area (Å²) in [5, 5.41) is 2.77. The molecule has 1 aromatic rings. The van der Waals surface area contributed by atoms with Crippen molar-refractivity contribution in [2.24, 2.45) is 0 Å². The maximum atomic E-state index is 15.0. The van der Waals surface area contributed by atoms with E-state index in [2.05, 4.69) is 24.1 Å². The molecule has 0 aliphatic carbocycles. The Bertz CT molecular complexity index is 740. The zero-order valence-electron chi connectivity index (χ0n) is 17.6. The minimum absolute atomic E-state index is 0.0567. The molecular formula is C22H32FN3O3. The van der Waals surface area contributed by atoms with Crippen molar-refractivity contribution in [1.29, 1.82) is 0 Å². The van der Waals surface area contributed by atoms with E-state index in [4.69, 9.17) is 4.74 Å². The van der Waals surface area contributed by atoms with Gasteiger partial charge in [0.05, 0.1) is 24.5 Å². The van der Waals surface area contributed by atoms with Gasteiger partial charge in [0.2, 0.25) is 5.91 Å². The van der Waals surface area contributed by atoms with Crippen LogP contribution in [-0.4, -0.2) is 43.3 Å². The van der Waals surface area contributed by atoms with E-state index in [0.29, 0.717) is 36.4 Å². The van der Waals surface area contributed by atoms with Crippen molar-refractivity contribution in [2.45, 2.75) is 77.5 Å². The number of ether oxygens (including phenoxy) is 1. The molecule has 7 heteroatoms. The average Bonchev–Trinajstić information content (AvgIpc) is 3.23. The van der Waals surface area contributed by atoms with E-state index in [1.54, 1.807) is 12.1 Å². The Morgan fingerprint density at radius 3 is 2.76 bits per heavy atom. The number of halogens is 1. The van der Waals surface area contributed by atoms with Crippen molar-refractivity contribution >= 4 is 23.4 Å². The van der Waals surface area contributed by atoms with Gasteiger partial charge in [-0.25, -0.2) is 9.18 Å². The van der Waals surface area contributed by atoms with Crippen molar-refractivity contribution in [3.05, 3.63) is 24.0 Å². The van der Waals surface area contributed by atoms with Crippen LogP contribution in [0.4, 0.5) is 20.6 Å². The van der Waals surface area contributed by atoms with Gasteiger partial charge in [0.1, 0.15) is 11.9 Å². The SMILES string of the molecule is CCCC(=O)NC[C@H]1CN(c2ccc(N3C(C)CCC3CCC)c(F)c2)C(=O)O1. The lowest BCUT2D eigenvalue weighted by atomic mass is 10.1. The highest BCUT2D eigenvalue weighted by Gasteiger charge is 2.35. The lowest BCUT2D eigenvalue weighted by Crippen LogP contribution is -2.35. The summed E-state index contributed by atoms with van der Waals surface area (Å²) < 4.78 is 20.4. The molecule has 2 heterocycles. The third-order valence-electron chi connectivity index (χ3n) is 5.81. The lowest BCUT2D eigenvalue weighted by Gasteiger charge is -2.31. The predicted octanol–water partition coefficient (Wildman–Crippen LogP) is 4.22. The zero-order chi connectivity index (χ0) is 21.0. The van der Waals surface area contributed by atoms with Gasteiger partial charge in [-0.1, -0.05) is 20.3 Å². The topological polar surface area (TPSA) is 61.9 Å². The Morgan fingerprint density at radius 2 is 2.07 bits per heavy atom. The van der Waals surface area contributed by atoms with Crippen LogP contribution in [0.25, 0.3) is 0 Å². The van der Waals surface area contributed by atoms with Crippen LogP contribution in [0.5, 0.6) is 0 Å². The number of hydrogen-bond acceptors (Lipinski definition) is 4. The van der Waals surface area contributed by atoms with Crippen LogP contribution in [0.1, 0.15) is 59.3 Å². The zero-order valence-corrected chi connectivity index (χ0v) is 17.6. The number of carbonyl (C=O) groups is 2. The molecule has 1 aromatic carbocycles. The van der Waals surface area contributed by atoms with E-state index in [9.17, 15) is 9.59 Å².